The molecule has 0 saturated heterocycles. The van der Waals surface area contributed by atoms with Crippen molar-refractivity contribution in [3.8, 4) is 0 Å². The van der Waals surface area contributed by atoms with Crippen LogP contribution in [0.1, 0.15) is 20.7 Å². The molecule has 0 atom stereocenters. The maximum absolute atomic E-state index is 12.2. The fourth-order valence-electron chi connectivity index (χ4n) is 1.67. The lowest BCUT2D eigenvalue weighted by Gasteiger charge is -2.08. The highest BCUT2D eigenvalue weighted by Crippen LogP contribution is 2.23. The minimum atomic E-state index is -1.11. The molecule has 0 heterocycles. The Morgan fingerprint density at radius 2 is 1.57 bits per heavy atom. The van der Waals surface area contributed by atoms with Gasteiger partial charge in [0, 0.05) is 25.2 Å². The molecule has 2 rings (SSSR count). The molecule has 1 amide bonds. The van der Waals surface area contributed by atoms with Gasteiger partial charge >= 0.3 is 5.97 Å². The molecule has 108 valence electrons. The summed E-state index contributed by atoms with van der Waals surface area (Å²) in [6.45, 7) is 0. The molecular formula is C14H8Br2ClNO3. The molecule has 21 heavy (non-hydrogen) atoms. The quantitative estimate of drug-likeness (QED) is 0.730. The Bertz CT molecular complexity index is 714. The first-order valence-corrected chi connectivity index (χ1v) is 7.63. The predicted octanol–water partition coefficient (Wildman–Crippen LogP) is 4.82. The van der Waals surface area contributed by atoms with Crippen LogP contribution in [-0.2, 0) is 0 Å². The minimum absolute atomic E-state index is 0.00761. The second-order valence-corrected chi connectivity index (χ2v) is 6.41. The zero-order valence-corrected chi connectivity index (χ0v) is 14.3. The zero-order valence-electron chi connectivity index (χ0n) is 10.4. The molecule has 0 bridgehead atoms. The normalized spacial score (nSPS) is 10.2. The van der Waals surface area contributed by atoms with Crippen molar-refractivity contribution in [3.63, 3.8) is 0 Å². The molecular weight excluding hydrogens is 425 g/mol. The average molecular weight is 433 g/mol. The van der Waals surface area contributed by atoms with Gasteiger partial charge in [-0.05, 0) is 36.4 Å². The first-order valence-electron chi connectivity index (χ1n) is 5.66. The summed E-state index contributed by atoms with van der Waals surface area (Å²) in [5, 5.41) is 11.8. The molecule has 0 spiro atoms. The van der Waals surface area contributed by atoms with Crippen molar-refractivity contribution in [2.45, 2.75) is 0 Å². The van der Waals surface area contributed by atoms with Gasteiger partial charge in [-0.1, -0.05) is 43.5 Å². The van der Waals surface area contributed by atoms with Crippen LogP contribution in [0.5, 0.6) is 0 Å². The Morgan fingerprint density at radius 1 is 0.952 bits per heavy atom. The molecule has 2 N–H and O–H groups in total. The van der Waals surface area contributed by atoms with E-state index in [2.05, 4.69) is 37.2 Å². The number of aromatic carboxylic acids is 1. The number of nitrogens with one attached hydrogen (secondary N) is 1. The number of carbonyl (C=O) groups excluding carboxylic acids is 1. The number of benzene rings is 2. The summed E-state index contributed by atoms with van der Waals surface area (Å²) in [5.41, 5.74) is 0.752. The molecule has 7 heteroatoms. The summed E-state index contributed by atoms with van der Waals surface area (Å²) in [6, 6.07) is 9.26. The lowest BCUT2D eigenvalue weighted by molar-refractivity contribution is 0.0696. The monoisotopic (exact) mass is 431 g/mol. The molecule has 2 aromatic carbocycles. The van der Waals surface area contributed by atoms with Crippen LogP contribution in [0.2, 0.25) is 5.02 Å². The number of hydrogen-bond donors (Lipinski definition) is 2. The van der Waals surface area contributed by atoms with Gasteiger partial charge in [-0.25, -0.2) is 4.79 Å². The molecule has 4 nitrogen and oxygen atoms in total. The summed E-state index contributed by atoms with van der Waals surface area (Å²) >= 11 is 12.4. The largest absolute Gasteiger partial charge is 0.478 e. The van der Waals surface area contributed by atoms with Gasteiger partial charge < -0.3 is 10.4 Å². The minimum Gasteiger partial charge on any atom is -0.478 e. The first kappa shape index (κ1) is 16.0. The van der Waals surface area contributed by atoms with Crippen molar-refractivity contribution in [1.29, 1.82) is 0 Å². The highest BCUT2D eigenvalue weighted by molar-refractivity contribution is 9.11. The summed E-state index contributed by atoms with van der Waals surface area (Å²) in [7, 11) is 0. The van der Waals surface area contributed by atoms with Crippen LogP contribution in [-0.4, -0.2) is 17.0 Å². The van der Waals surface area contributed by atoms with E-state index in [9.17, 15) is 9.59 Å². The van der Waals surface area contributed by atoms with Gasteiger partial charge in [-0.15, -0.1) is 0 Å². The van der Waals surface area contributed by atoms with Crippen molar-refractivity contribution in [1.82, 2.24) is 0 Å². The third kappa shape index (κ3) is 4.30. The molecule has 0 aliphatic heterocycles. The topological polar surface area (TPSA) is 66.4 Å². The first-order chi connectivity index (χ1) is 9.85. The number of hydrogen-bond acceptors (Lipinski definition) is 2. The average Bonchev–Trinajstić information content (AvgIpc) is 2.36. The SMILES string of the molecule is O=C(O)c1cc(Cl)cc(NC(=O)c2cc(Br)cc(Br)c2)c1. The van der Waals surface area contributed by atoms with E-state index in [0.29, 0.717) is 11.3 Å². The molecule has 0 aliphatic rings. The molecule has 2 aromatic rings. The number of halogens is 3. The van der Waals surface area contributed by atoms with Crippen LogP contribution in [0.15, 0.2) is 45.3 Å². The number of carboxylic acids is 1. The van der Waals surface area contributed by atoms with Gasteiger partial charge in [0.15, 0.2) is 0 Å². The Labute approximate surface area is 142 Å². The van der Waals surface area contributed by atoms with Gasteiger partial charge in [-0.2, -0.15) is 0 Å². The summed E-state index contributed by atoms with van der Waals surface area (Å²) in [6.07, 6.45) is 0. The second-order valence-electron chi connectivity index (χ2n) is 4.15. The van der Waals surface area contributed by atoms with E-state index in [1.165, 1.54) is 18.2 Å². The molecule has 0 aromatic heterocycles. The van der Waals surface area contributed by atoms with Crippen LogP contribution in [0.25, 0.3) is 0 Å². The van der Waals surface area contributed by atoms with Gasteiger partial charge in [0.25, 0.3) is 5.91 Å². The predicted molar refractivity (Wildman–Crippen MR) is 88.2 cm³/mol. The smallest absolute Gasteiger partial charge is 0.335 e. The van der Waals surface area contributed by atoms with E-state index in [-0.39, 0.29) is 16.5 Å². The van der Waals surface area contributed by atoms with Crippen molar-refractivity contribution in [2.75, 3.05) is 5.32 Å². The van der Waals surface area contributed by atoms with Crippen LogP contribution in [0, 0.1) is 0 Å². The van der Waals surface area contributed by atoms with E-state index in [1.807, 2.05) is 0 Å². The summed E-state index contributed by atoms with van der Waals surface area (Å²) < 4.78 is 1.50. The number of carboxylic acid groups (broad SMARTS) is 1. The molecule has 0 fully saturated rings. The van der Waals surface area contributed by atoms with Gasteiger partial charge in [0.2, 0.25) is 0 Å². The zero-order chi connectivity index (χ0) is 15.6. The Balaban J connectivity index is 2.29. The lowest BCUT2D eigenvalue weighted by Crippen LogP contribution is -2.12. The maximum Gasteiger partial charge on any atom is 0.335 e. The standard InChI is InChI=1S/C14H8Br2ClNO3/c15-9-1-7(2-10(16)5-9)13(19)18-12-4-8(14(20)21)3-11(17)6-12/h1-6H,(H,18,19)(H,20,21). The molecule has 0 unspecified atom stereocenters. The summed E-state index contributed by atoms with van der Waals surface area (Å²) in [5.74, 6) is -1.48. The van der Waals surface area contributed by atoms with Crippen LogP contribution < -0.4 is 5.32 Å². The van der Waals surface area contributed by atoms with Crippen molar-refractivity contribution >= 4 is 61.0 Å². The van der Waals surface area contributed by atoms with Gasteiger partial charge in [0.1, 0.15) is 0 Å². The highest BCUT2D eigenvalue weighted by Gasteiger charge is 2.11. The van der Waals surface area contributed by atoms with E-state index in [4.69, 9.17) is 16.7 Å². The molecule has 0 saturated carbocycles. The van der Waals surface area contributed by atoms with Crippen LogP contribution >= 0.6 is 43.5 Å². The van der Waals surface area contributed by atoms with Crippen molar-refractivity contribution < 1.29 is 14.7 Å². The number of amides is 1. The number of anilines is 1. The van der Waals surface area contributed by atoms with Crippen LogP contribution in [0.4, 0.5) is 5.69 Å². The number of rotatable bonds is 3. The van der Waals surface area contributed by atoms with E-state index >= 15 is 0 Å². The van der Waals surface area contributed by atoms with E-state index in [0.717, 1.165) is 8.95 Å². The summed E-state index contributed by atoms with van der Waals surface area (Å²) in [4.78, 5) is 23.1. The fraction of sp³-hybridized carbons (Fsp3) is 0. The van der Waals surface area contributed by atoms with Gasteiger partial charge in [0.05, 0.1) is 5.56 Å². The lowest BCUT2D eigenvalue weighted by atomic mass is 10.1. The van der Waals surface area contributed by atoms with E-state index < -0.39 is 5.97 Å². The molecule has 0 aliphatic carbocycles. The van der Waals surface area contributed by atoms with Crippen LogP contribution in [0.3, 0.4) is 0 Å². The Kier molecular flexibility index (Phi) is 5.03. The van der Waals surface area contributed by atoms with Crippen molar-refractivity contribution in [2.24, 2.45) is 0 Å². The van der Waals surface area contributed by atoms with E-state index in [1.54, 1.807) is 18.2 Å². The molecule has 0 radical (unpaired) electrons. The Hall–Kier alpha value is -1.37. The highest BCUT2D eigenvalue weighted by atomic mass is 79.9. The van der Waals surface area contributed by atoms with Gasteiger partial charge in [-0.3, -0.25) is 4.79 Å². The Morgan fingerprint density at radius 3 is 2.14 bits per heavy atom. The van der Waals surface area contributed by atoms with Crippen molar-refractivity contribution in [3.05, 3.63) is 61.5 Å². The number of carbonyl (C=O) groups is 2. The maximum atomic E-state index is 12.2. The third-order valence-corrected chi connectivity index (χ3v) is 3.66. The third-order valence-electron chi connectivity index (χ3n) is 2.53. The second kappa shape index (κ2) is 6.60. The fourth-order valence-corrected chi connectivity index (χ4v) is 3.20.